The molecule has 1 heterocycles. The Labute approximate surface area is 208 Å². The number of amides is 1. The number of fused-ring (bicyclic) bond motifs is 1. The van der Waals surface area contributed by atoms with Crippen LogP contribution in [0.2, 0.25) is 0 Å². The smallest absolute Gasteiger partial charge is 0.224 e. The summed E-state index contributed by atoms with van der Waals surface area (Å²) in [7, 11) is 4.10. The molecule has 1 atom stereocenters. The van der Waals surface area contributed by atoms with E-state index in [9.17, 15) is 4.79 Å². The molecule has 0 aliphatic heterocycles. The van der Waals surface area contributed by atoms with Crippen molar-refractivity contribution in [2.45, 2.75) is 32.4 Å². The molecule has 0 spiro atoms. The van der Waals surface area contributed by atoms with E-state index < -0.39 is 0 Å². The van der Waals surface area contributed by atoms with Crippen LogP contribution in [0.15, 0.2) is 84.9 Å². The van der Waals surface area contributed by atoms with Crippen molar-refractivity contribution >= 4 is 29.2 Å². The van der Waals surface area contributed by atoms with Crippen molar-refractivity contribution in [2.24, 2.45) is 0 Å². The second-order valence-electron chi connectivity index (χ2n) is 8.65. The van der Waals surface area contributed by atoms with E-state index in [2.05, 4.69) is 61.6 Å². The van der Waals surface area contributed by atoms with Crippen molar-refractivity contribution < 1.29 is 4.79 Å². The molecular formula is C29H32ClN3O. The summed E-state index contributed by atoms with van der Waals surface area (Å²) in [5.41, 5.74) is 6.21. The van der Waals surface area contributed by atoms with E-state index in [1.54, 1.807) is 0 Å². The Morgan fingerprint density at radius 1 is 0.882 bits per heavy atom. The van der Waals surface area contributed by atoms with Gasteiger partial charge in [0.1, 0.15) is 0 Å². The number of nitrogens with zero attached hydrogens (tertiary/aromatic N) is 2. The monoisotopic (exact) mass is 473 g/mol. The van der Waals surface area contributed by atoms with Gasteiger partial charge in [-0.3, -0.25) is 4.79 Å². The van der Waals surface area contributed by atoms with Crippen LogP contribution in [0.5, 0.6) is 0 Å². The van der Waals surface area contributed by atoms with Gasteiger partial charge in [0.25, 0.3) is 0 Å². The van der Waals surface area contributed by atoms with Crippen molar-refractivity contribution in [2.75, 3.05) is 14.1 Å². The molecule has 1 N–H and O–H groups in total. The van der Waals surface area contributed by atoms with Crippen molar-refractivity contribution in [3.05, 3.63) is 102 Å². The molecule has 5 heteroatoms. The molecule has 0 radical (unpaired) electrons. The quantitative estimate of drug-likeness (QED) is 0.331. The van der Waals surface area contributed by atoms with Gasteiger partial charge in [-0.25, -0.2) is 4.98 Å². The summed E-state index contributed by atoms with van der Waals surface area (Å²) in [4.78, 5) is 20.5. The van der Waals surface area contributed by atoms with E-state index >= 15 is 0 Å². The molecule has 1 amide bonds. The van der Waals surface area contributed by atoms with Crippen LogP contribution >= 0.6 is 12.4 Å². The van der Waals surface area contributed by atoms with Crippen LogP contribution in [0.3, 0.4) is 0 Å². The minimum Gasteiger partial charge on any atom is -0.349 e. The summed E-state index contributed by atoms with van der Waals surface area (Å²) in [6.45, 7) is 2.81. The predicted molar refractivity (Wildman–Crippen MR) is 143 cm³/mol. The number of hydrogen-bond donors (Lipinski definition) is 1. The Hall–Kier alpha value is -3.21. The fourth-order valence-electron chi connectivity index (χ4n) is 4.36. The maximum Gasteiger partial charge on any atom is 0.224 e. The summed E-state index contributed by atoms with van der Waals surface area (Å²) in [5.74, 6) is 0.0288. The van der Waals surface area contributed by atoms with Crippen LogP contribution in [-0.4, -0.2) is 29.9 Å². The molecule has 4 rings (SSSR count). The van der Waals surface area contributed by atoms with Crippen molar-refractivity contribution in [3.63, 3.8) is 0 Å². The van der Waals surface area contributed by atoms with Gasteiger partial charge in [0.15, 0.2) is 0 Å². The first-order valence-electron chi connectivity index (χ1n) is 11.5. The molecular weight excluding hydrogens is 442 g/mol. The van der Waals surface area contributed by atoms with Crippen molar-refractivity contribution in [3.8, 4) is 11.3 Å². The number of pyridine rings is 1. The molecule has 4 nitrogen and oxygen atoms in total. The van der Waals surface area contributed by atoms with Gasteiger partial charge in [-0.15, -0.1) is 12.4 Å². The molecule has 0 fully saturated rings. The average Bonchev–Trinajstić information content (AvgIpc) is 2.84. The first-order chi connectivity index (χ1) is 16.1. The van der Waals surface area contributed by atoms with Crippen LogP contribution in [0.4, 0.5) is 0 Å². The normalized spacial score (nSPS) is 11.8. The number of benzene rings is 3. The third kappa shape index (κ3) is 5.82. The van der Waals surface area contributed by atoms with Gasteiger partial charge in [0.05, 0.1) is 23.7 Å². The van der Waals surface area contributed by atoms with Crippen LogP contribution in [0.1, 0.15) is 36.1 Å². The number of hydrogen-bond acceptors (Lipinski definition) is 3. The zero-order valence-corrected chi connectivity index (χ0v) is 20.8. The largest absolute Gasteiger partial charge is 0.349 e. The average molecular weight is 474 g/mol. The Morgan fingerprint density at radius 3 is 2.15 bits per heavy atom. The number of para-hydroxylation sites is 1. The standard InChI is InChI=1S/C29H31N3O.ClH/c1-4-26(21-13-7-5-8-14-21)30-28(33)19-24-23-17-11-12-18-27(23)31-29(25(24)20-32(2)3)22-15-9-6-10-16-22;/h5-18,26H,4,19-20H2,1-3H3,(H,30,33);1H/t26-;/m0./s1. The summed E-state index contributed by atoms with van der Waals surface area (Å²) < 4.78 is 0. The number of nitrogens with one attached hydrogen (secondary N) is 1. The SMILES string of the molecule is CC[C@H](NC(=O)Cc1c(CN(C)C)c(-c2ccccc2)nc2ccccc12)c1ccccc1.Cl. The lowest BCUT2D eigenvalue weighted by atomic mass is 9.94. The van der Waals surface area contributed by atoms with E-state index in [0.29, 0.717) is 13.0 Å². The first-order valence-corrected chi connectivity index (χ1v) is 11.5. The molecule has 0 saturated carbocycles. The van der Waals surface area contributed by atoms with Crippen LogP contribution in [-0.2, 0) is 17.8 Å². The van der Waals surface area contributed by atoms with E-state index in [1.165, 1.54) is 0 Å². The molecule has 4 aromatic rings. The Balaban J connectivity index is 0.00000324. The van der Waals surface area contributed by atoms with E-state index in [4.69, 9.17) is 4.98 Å². The zero-order chi connectivity index (χ0) is 23.2. The maximum absolute atomic E-state index is 13.3. The van der Waals surface area contributed by atoms with Gasteiger partial charge >= 0.3 is 0 Å². The van der Waals surface area contributed by atoms with Gasteiger partial charge in [-0.2, -0.15) is 0 Å². The lowest BCUT2D eigenvalue weighted by Crippen LogP contribution is -2.30. The lowest BCUT2D eigenvalue weighted by molar-refractivity contribution is -0.121. The maximum atomic E-state index is 13.3. The van der Waals surface area contributed by atoms with Crippen LogP contribution < -0.4 is 5.32 Å². The summed E-state index contributed by atoms with van der Waals surface area (Å²) >= 11 is 0. The fraction of sp³-hybridized carbons (Fsp3) is 0.241. The van der Waals surface area contributed by atoms with Gasteiger partial charge < -0.3 is 10.2 Å². The number of rotatable bonds is 8. The molecule has 0 unspecified atom stereocenters. The molecule has 0 aliphatic carbocycles. The minimum absolute atomic E-state index is 0. The summed E-state index contributed by atoms with van der Waals surface area (Å²) in [6, 6.07) is 28.5. The topological polar surface area (TPSA) is 45.2 Å². The van der Waals surface area contributed by atoms with Gasteiger partial charge in [0.2, 0.25) is 5.91 Å². The minimum atomic E-state index is -0.00214. The highest BCUT2D eigenvalue weighted by Crippen LogP contribution is 2.31. The lowest BCUT2D eigenvalue weighted by Gasteiger charge is -2.22. The number of aromatic nitrogens is 1. The van der Waals surface area contributed by atoms with E-state index in [1.807, 2.05) is 54.6 Å². The van der Waals surface area contributed by atoms with Gasteiger partial charge in [-0.05, 0) is 43.3 Å². The second-order valence-corrected chi connectivity index (χ2v) is 8.65. The Morgan fingerprint density at radius 2 is 1.50 bits per heavy atom. The van der Waals surface area contributed by atoms with Crippen molar-refractivity contribution in [1.29, 1.82) is 0 Å². The highest BCUT2D eigenvalue weighted by molar-refractivity contribution is 5.92. The molecule has 34 heavy (non-hydrogen) atoms. The summed E-state index contributed by atoms with van der Waals surface area (Å²) in [6.07, 6.45) is 1.15. The third-order valence-corrected chi connectivity index (χ3v) is 5.92. The molecule has 176 valence electrons. The van der Waals surface area contributed by atoms with E-state index in [-0.39, 0.29) is 24.4 Å². The third-order valence-electron chi connectivity index (χ3n) is 5.92. The number of halogens is 1. The zero-order valence-electron chi connectivity index (χ0n) is 20.0. The van der Waals surface area contributed by atoms with Crippen LogP contribution in [0.25, 0.3) is 22.2 Å². The second kappa shape index (κ2) is 11.8. The van der Waals surface area contributed by atoms with Crippen molar-refractivity contribution in [1.82, 2.24) is 15.2 Å². The highest BCUT2D eigenvalue weighted by Gasteiger charge is 2.20. The number of carbonyl (C=O) groups is 1. The Kier molecular flexibility index (Phi) is 8.80. The first kappa shape index (κ1) is 25.4. The summed E-state index contributed by atoms with van der Waals surface area (Å²) in [5, 5.41) is 4.30. The van der Waals surface area contributed by atoms with Gasteiger partial charge in [-0.1, -0.05) is 85.8 Å². The molecule has 0 bridgehead atoms. The number of carbonyl (C=O) groups excluding carboxylic acids is 1. The molecule has 3 aromatic carbocycles. The molecule has 0 saturated heterocycles. The molecule has 0 aliphatic rings. The van der Waals surface area contributed by atoms with Gasteiger partial charge in [0, 0.05) is 17.5 Å². The fourth-order valence-corrected chi connectivity index (χ4v) is 4.36. The van der Waals surface area contributed by atoms with Crippen LogP contribution in [0, 0.1) is 0 Å². The van der Waals surface area contributed by atoms with E-state index in [0.717, 1.165) is 45.3 Å². The molecule has 1 aromatic heterocycles. The highest BCUT2D eigenvalue weighted by atomic mass is 35.5. The predicted octanol–water partition coefficient (Wildman–Crippen LogP) is 6.20. The Bertz CT molecular complexity index is 1230.